The summed E-state index contributed by atoms with van der Waals surface area (Å²) < 4.78 is 11.6. The van der Waals surface area contributed by atoms with Crippen LogP contribution in [0.25, 0.3) is 0 Å². The van der Waals surface area contributed by atoms with Crippen molar-refractivity contribution in [2.75, 3.05) is 13.2 Å². The molecule has 4 amide bonds. The van der Waals surface area contributed by atoms with Gasteiger partial charge in [0, 0.05) is 0 Å². The van der Waals surface area contributed by atoms with Gasteiger partial charge in [0.15, 0.2) is 0 Å². The van der Waals surface area contributed by atoms with Gasteiger partial charge < -0.3 is 20.9 Å². The van der Waals surface area contributed by atoms with E-state index in [1.54, 1.807) is 0 Å². The summed E-state index contributed by atoms with van der Waals surface area (Å²) in [7, 11) is 0. The van der Waals surface area contributed by atoms with Crippen molar-refractivity contribution in [1.29, 1.82) is 0 Å². The third-order valence-corrected chi connectivity index (χ3v) is 5.84. The van der Waals surface area contributed by atoms with Gasteiger partial charge in [-0.25, -0.2) is 20.4 Å². The number of hydrogen-bond donors (Lipinski definition) is 4. The lowest BCUT2D eigenvalue weighted by atomic mass is 10.0. The Morgan fingerprint density at radius 1 is 0.641 bits per heavy atom. The Labute approximate surface area is 231 Å². The molecule has 39 heavy (non-hydrogen) atoms. The third-order valence-electron chi connectivity index (χ3n) is 5.84. The van der Waals surface area contributed by atoms with Gasteiger partial charge in [0.2, 0.25) is 0 Å². The molecule has 0 spiro atoms. The zero-order chi connectivity index (χ0) is 28.3. The number of hydrazone groups is 2. The number of carbonyl (C=O) groups is 2. The van der Waals surface area contributed by atoms with E-state index in [9.17, 15) is 9.59 Å². The summed E-state index contributed by atoms with van der Waals surface area (Å²) in [6.45, 7) is 5.65. The number of nitrogens with one attached hydrogen (secondary N) is 2. The number of unbranched alkanes of at least 4 members (excludes halogenated alkanes) is 4. The minimum atomic E-state index is -0.742. The molecular formula is C29H42N6O4. The van der Waals surface area contributed by atoms with Crippen molar-refractivity contribution in [1.82, 2.24) is 10.9 Å². The van der Waals surface area contributed by atoms with Crippen molar-refractivity contribution in [3.05, 3.63) is 59.7 Å². The fourth-order valence-corrected chi connectivity index (χ4v) is 3.77. The van der Waals surface area contributed by atoms with Crippen molar-refractivity contribution in [3.63, 3.8) is 0 Å². The second-order valence-corrected chi connectivity index (χ2v) is 9.08. The van der Waals surface area contributed by atoms with Crippen LogP contribution in [0.1, 0.15) is 82.8 Å². The maximum Gasteiger partial charge on any atom is 0.332 e. The average Bonchev–Trinajstić information content (AvgIpc) is 2.93. The predicted molar refractivity (Wildman–Crippen MR) is 155 cm³/mol. The lowest BCUT2D eigenvalue weighted by Crippen LogP contribution is -2.26. The Kier molecular flexibility index (Phi) is 14.5. The molecule has 0 heterocycles. The van der Waals surface area contributed by atoms with E-state index in [-0.39, 0.29) is 0 Å². The zero-order valence-electron chi connectivity index (χ0n) is 23.1. The molecule has 0 saturated carbocycles. The van der Waals surface area contributed by atoms with E-state index >= 15 is 0 Å². The Bertz CT molecular complexity index is 983. The van der Waals surface area contributed by atoms with E-state index in [0.29, 0.717) is 43.9 Å². The fraction of sp³-hybridized carbons (Fsp3) is 0.448. The first kappa shape index (κ1) is 31.1. The third kappa shape index (κ3) is 12.8. The summed E-state index contributed by atoms with van der Waals surface area (Å²) in [6.07, 6.45) is 8.22. The van der Waals surface area contributed by atoms with Crippen LogP contribution in [-0.2, 0) is 0 Å². The second-order valence-electron chi connectivity index (χ2n) is 9.08. The van der Waals surface area contributed by atoms with Crippen LogP contribution in [0.2, 0.25) is 0 Å². The van der Waals surface area contributed by atoms with E-state index in [4.69, 9.17) is 20.9 Å². The summed E-state index contributed by atoms with van der Waals surface area (Å²) >= 11 is 0. The molecule has 2 rings (SSSR count). The highest BCUT2D eigenvalue weighted by Crippen LogP contribution is 2.18. The van der Waals surface area contributed by atoms with E-state index in [0.717, 1.165) is 61.2 Å². The van der Waals surface area contributed by atoms with Crippen molar-refractivity contribution in [2.45, 2.75) is 71.6 Å². The normalized spacial score (nSPS) is 11.6. The number of ether oxygens (including phenoxy) is 2. The minimum Gasteiger partial charge on any atom is -0.494 e. The van der Waals surface area contributed by atoms with E-state index in [1.165, 1.54) is 0 Å². The van der Waals surface area contributed by atoms with Crippen molar-refractivity contribution >= 4 is 23.5 Å². The van der Waals surface area contributed by atoms with Gasteiger partial charge in [0.1, 0.15) is 11.5 Å². The Balaban J connectivity index is 2.06. The molecule has 0 aromatic heterocycles. The van der Waals surface area contributed by atoms with Gasteiger partial charge in [0.05, 0.1) is 24.6 Å². The molecule has 0 atom stereocenters. The van der Waals surface area contributed by atoms with Crippen LogP contribution in [0.15, 0.2) is 58.7 Å². The number of hydrogen-bond acceptors (Lipinski definition) is 6. The van der Waals surface area contributed by atoms with Crippen LogP contribution in [0.5, 0.6) is 11.5 Å². The lowest BCUT2D eigenvalue weighted by Gasteiger charge is -2.11. The molecule has 0 saturated heterocycles. The van der Waals surface area contributed by atoms with Crippen LogP contribution in [0.3, 0.4) is 0 Å². The van der Waals surface area contributed by atoms with E-state index in [2.05, 4.69) is 34.9 Å². The molecular weight excluding hydrogens is 496 g/mol. The summed E-state index contributed by atoms with van der Waals surface area (Å²) in [6, 6.07) is 13.7. The highest BCUT2D eigenvalue weighted by atomic mass is 16.5. The minimum absolute atomic E-state index is 0.519. The Hall–Kier alpha value is -4.08. The van der Waals surface area contributed by atoms with Crippen LogP contribution in [0, 0.1) is 0 Å². The molecule has 212 valence electrons. The molecule has 0 aliphatic carbocycles. The number of carbonyl (C=O) groups excluding carboxylic acids is 2. The van der Waals surface area contributed by atoms with Crippen LogP contribution >= 0.6 is 0 Å². The number of rotatable bonds is 18. The first-order valence-corrected chi connectivity index (χ1v) is 13.6. The first-order valence-electron chi connectivity index (χ1n) is 13.6. The van der Waals surface area contributed by atoms with Gasteiger partial charge in [-0.1, -0.05) is 39.5 Å². The van der Waals surface area contributed by atoms with Crippen LogP contribution in [0.4, 0.5) is 9.59 Å². The van der Waals surface area contributed by atoms with Crippen molar-refractivity contribution < 1.29 is 19.1 Å². The van der Waals surface area contributed by atoms with E-state index in [1.807, 2.05) is 48.5 Å². The molecule has 0 unspecified atom stereocenters. The molecule has 2 aromatic carbocycles. The lowest BCUT2D eigenvalue weighted by molar-refractivity contribution is 0.248. The monoisotopic (exact) mass is 538 g/mol. The second kappa shape index (κ2) is 18.2. The van der Waals surface area contributed by atoms with Crippen LogP contribution < -0.4 is 31.8 Å². The average molecular weight is 539 g/mol. The van der Waals surface area contributed by atoms with Gasteiger partial charge in [-0.05, 0) is 91.8 Å². The number of amides is 4. The van der Waals surface area contributed by atoms with Crippen molar-refractivity contribution in [3.8, 4) is 11.5 Å². The topological polar surface area (TPSA) is 153 Å². The Morgan fingerprint density at radius 3 is 1.36 bits per heavy atom. The van der Waals surface area contributed by atoms with Crippen molar-refractivity contribution in [2.24, 2.45) is 21.7 Å². The summed E-state index contributed by atoms with van der Waals surface area (Å²) in [5, 5.41) is 8.42. The fourth-order valence-electron chi connectivity index (χ4n) is 3.77. The number of nitrogens with zero attached hydrogens (tertiary/aromatic N) is 2. The first-order chi connectivity index (χ1) is 18.9. The number of urea groups is 2. The smallest absolute Gasteiger partial charge is 0.332 e. The zero-order valence-corrected chi connectivity index (χ0v) is 23.1. The molecule has 6 N–H and O–H groups in total. The molecule has 2 aromatic rings. The predicted octanol–water partition coefficient (Wildman–Crippen LogP) is 5.44. The van der Waals surface area contributed by atoms with Crippen LogP contribution in [-0.4, -0.2) is 36.7 Å². The molecule has 0 fully saturated rings. The summed E-state index contributed by atoms with van der Waals surface area (Å²) in [5.41, 5.74) is 18.1. The number of primary amides is 2. The molecule has 0 bridgehead atoms. The van der Waals surface area contributed by atoms with Gasteiger partial charge in [0.25, 0.3) is 0 Å². The number of benzene rings is 2. The van der Waals surface area contributed by atoms with E-state index < -0.39 is 12.1 Å². The van der Waals surface area contributed by atoms with Gasteiger partial charge in [-0.2, -0.15) is 10.2 Å². The van der Waals surface area contributed by atoms with Gasteiger partial charge in [-0.3, -0.25) is 0 Å². The summed E-state index contributed by atoms with van der Waals surface area (Å²) in [4.78, 5) is 22.6. The maximum atomic E-state index is 11.3. The van der Waals surface area contributed by atoms with Gasteiger partial charge in [-0.15, -0.1) is 0 Å². The quantitative estimate of drug-likeness (QED) is 0.113. The largest absolute Gasteiger partial charge is 0.494 e. The highest BCUT2D eigenvalue weighted by molar-refractivity contribution is 6.03. The highest BCUT2D eigenvalue weighted by Gasteiger charge is 2.10. The van der Waals surface area contributed by atoms with Gasteiger partial charge >= 0.3 is 12.1 Å². The SMILES string of the molecule is CCCCCOc1ccc(/C(CCC/C(=N/NC(N)=O)c2ccc(OCCCCC)cc2)=N\NC(N)=O)cc1. The Morgan fingerprint density at radius 2 is 1.03 bits per heavy atom. The molecule has 0 radical (unpaired) electrons. The standard InChI is InChI=1S/C29H42N6O4/c1-3-5-7-20-38-24-16-12-22(13-17-24)26(32-34-28(30)36)10-9-11-27(33-35-29(31)37)23-14-18-25(19-15-23)39-21-8-6-4-2/h12-19H,3-11,20-21H2,1-2H3,(H3,30,34,36)(H3,31,35,37)/b32-26-,33-27-. The summed E-state index contributed by atoms with van der Waals surface area (Å²) in [5.74, 6) is 1.56. The number of nitrogens with two attached hydrogens (primary N) is 2. The molecule has 0 aliphatic heterocycles. The molecule has 0 aliphatic rings. The molecule has 10 nitrogen and oxygen atoms in total. The molecule has 10 heteroatoms. The maximum absolute atomic E-state index is 11.3.